The summed E-state index contributed by atoms with van der Waals surface area (Å²) in [5.74, 6) is 3.13. The summed E-state index contributed by atoms with van der Waals surface area (Å²) in [5, 5.41) is 3.07. The number of anilines is 1. The summed E-state index contributed by atoms with van der Waals surface area (Å²) in [7, 11) is 0. The zero-order valence-electron chi connectivity index (χ0n) is 11.7. The first-order valence-corrected chi connectivity index (χ1v) is 8.40. The molecule has 1 N–H and O–H groups in total. The van der Waals surface area contributed by atoms with Gasteiger partial charge in [0.2, 0.25) is 5.91 Å². The molecule has 2 aliphatic carbocycles. The first-order valence-electron chi connectivity index (χ1n) is 7.60. The van der Waals surface area contributed by atoms with Crippen LogP contribution in [-0.4, -0.2) is 19.1 Å². The molecule has 0 saturated heterocycles. The van der Waals surface area contributed by atoms with E-state index in [0.717, 1.165) is 28.2 Å². The van der Waals surface area contributed by atoms with Crippen molar-refractivity contribution in [2.45, 2.75) is 25.7 Å². The first kappa shape index (κ1) is 13.4. The molecular weight excluding hydrogens is 334 g/mol. The minimum Gasteiger partial charge on any atom is -0.486 e. The molecule has 1 aromatic carbocycles. The van der Waals surface area contributed by atoms with E-state index < -0.39 is 0 Å². The minimum absolute atomic E-state index is 0.152. The third kappa shape index (κ3) is 2.41. The molecule has 2 fully saturated rings. The molecule has 5 heteroatoms. The van der Waals surface area contributed by atoms with Crippen molar-refractivity contribution >= 4 is 27.5 Å². The number of carbonyl (C=O) groups excluding carboxylic acids is 1. The standard InChI is InChI=1S/C16H18BrNO3/c17-12-7-14-15(21-4-3-20-14)8-13(12)18-16(19)11-6-9-1-2-10(11)5-9/h7-11H,1-6H2,(H,18,19). The van der Waals surface area contributed by atoms with Crippen molar-refractivity contribution in [2.75, 3.05) is 18.5 Å². The van der Waals surface area contributed by atoms with Gasteiger partial charge in [0.05, 0.1) is 5.69 Å². The largest absolute Gasteiger partial charge is 0.486 e. The Morgan fingerprint density at radius 2 is 1.90 bits per heavy atom. The van der Waals surface area contributed by atoms with Crippen LogP contribution in [0.3, 0.4) is 0 Å². The molecule has 0 aromatic heterocycles. The average molecular weight is 352 g/mol. The van der Waals surface area contributed by atoms with E-state index in [1.807, 2.05) is 12.1 Å². The second kappa shape index (κ2) is 5.20. The highest BCUT2D eigenvalue weighted by molar-refractivity contribution is 9.10. The molecule has 0 spiro atoms. The highest BCUT2D eigenvalue weighted by Gasteiger charge is 2.43. The van der Waals surface area contributed by atoms with Crippen LogP contribution < -0.4 is 14.8 Å². The fourth-order valence-electron chi connectivity index (χ4n) is 3.95. The summed E-state index contributed by atoms with van der Waals surface area (Å²) in [5.41, 5.74) is 0.770. The second-order valence-corrected chi connectivity index (χ2v) is 7.10. The van der Waals surface area contributed by atoms with Gasteiger partial charge in [0.25, 0.3) is 0 Å². The Balaban J connectivity index is 1.53. The summed E-state index contributed by atoms with van der Waals surface area (Å²) >= 11 is 3.50. The van der Waals surface area contributed by atoms with Crippen molar-refractivity contribution in [3.8, 4) is 11.5 Å². The minimum atomic E-state index is 0.152. The van der Waals surface area contributed by atoms with Crippen LogP contribution >= 0.6 is 15.9 Å². The van der Waals surface area contributed by atoms with Crippen molar-refractivity contribution < 1.29 is 14.3 Å². The number of rotatable bonds is 2. The second-order valence-electron chi connectivity index (χ2n) is 6.25. The molecule has 0 radical (unpaired) electrons. The van der Waals surface area contributed by atoms with Crippen LogP contribution in [0.1, 0.15) is 25.7 Å². The third-order valence-electron chi connectivity index (χ3n) is 4.96. The number of hydrogen-bond acceptors (Lipinski definition) is 3. The molecule has 3 atom stereocenters. The van der Waals surface area contributed by atoms with Gasteiger partial charge in [-0.3, -0.25) is 4.79 Å². The maximum atomic E-state index is 12.5. The lowest BCUT2D eigenvalue weighted by molar-refractivity contribution is -0.121. The summed E-state index contributed by atoms with van der Waals surface area (Å²) in [6.07, 6.45) is 4.81. The topological polar surface area (TPSA) is 47.6 Å². The van der Waals surface area contributed by atoms with Crippen molar-refractivity contribution in [1.29, 1.82) is 0 Å². The van der Waals surface area contributed by atoms with E-state index in [-0.39, 0.29) is 11.8 Å². The van der Waals surface area contributed by atoms with Crippen LogP contribution in [-0.2, 0) is 4.79 Å². The van der Waals surface area contributed by atoms with Crippen LogP contribution in [0.25, 0.3) is 0 Å². The van der Waals surface area contributed by atoms with Gasteiger partial charge in [-0.25, -0.2) is 0 Å². The fourth-order valence-corrected chi connectivity index (χ4v) is 4.37. The number of ether oxygens (including phenoxy) is 2. The van der Waals surface area contributed by atoms with Crippen LogP contribution in [0.2, 0.25) is 0 Å². The SMILES string of the molecule is O=C(Nc1cc2c(cc1Br)OCCO2)C1CC2CCC1C2. The number of fused-ring (bicyclic) bond motifs is 3. The summed E-state index contributed by atoms with van der Waals surface area (Å²) < 4.78 is 12.0. The predicted octanol–water partition coefficient (Wildman–Crippen LogP) is 3.60. The molecule has 1 amide bonds. The van der Waals surface area contributed by atoms with Crippen LogP contribution in [0, 0.1) is 17.8 Å². The molecule has 4 rings (SSSR count). The van der Waals surface area contributed by atoms with Gasteiger partial charge in [0.1, 0.15) is 13.2 Å². The number of amides is 1. The van der Waals surface area contributed by atoms with Crippen LogP contribution in [0.5, 0.6) is 11.5 Å². The maximum Gasteiger partial charge on any atom is 0.227 e. The molecule has 3 aliphatic rings. The Bertz CT molecular complexity index is 589. The summed E-state index contributed by atoms with van der Waals surface area (Å²) in [4.78, 5) is 12.5. The zero-order valence-corrected chi connectivity index (χ0v) is 13.3. The van der Waals surface area contributed by atoms with Gasteiger partial charge in [-0.2, -0.15) is 0 Å². The Labute approximate surface area is 132 Å². The van der Waals surface area contributed by atoms with Gasteiger partial charge < -0.3 is 14.8 Å². The quantitative estimate of drug-likeness (QED) is 0.885. The van der Waals surface area contributed by atoms with E-state index in [1.54, 1.807) is 0 Å². The number of halogens is 1. The van der Waals surface area contributed by atoms with E-state index in [9.17, 15) is 4.79 Å². The number of hydrogen-bond donors (Lipinski definition) is 1. The lowest BCUT2D eigenvalue weighted by atomic mass is 9.88. The van der Waals surface area contributed by atoms with E-state index in [0.29, 0.717) is 24.9 Å². The van der Waals surface area contributed by atoms with Gasteiger partial charge in [0.15, 0.2) is 11.5 Å². The molecule has 3 unspecified atom stereocenters. The number of nitrogens with one attached hydrogen (secondary N) is 1. The van der Waals surface area contributed by atoms with Crippen molar-refractivity contribution in [3.63, 3.8) is 0 Å². The Morgan fingerprint density at radius 1 is 1.14 bits per heavy atom. The molecule has 21 heavy (non-hydrogen) atoms. The Hall–Kier alpha value is -1.23. The van der Waals surface area contributed by atoms with Crippen molar-refractivity contribution in [2.24, 2.45) is 17.8 Å². The third-order valence-corrected chi connectivity index (χ3v) is 5.62. The van der Waals surface area contributed by atoms with Crippen molar-refractivity contribution in [1.82, 2.24) is 0 Å². The molecule has 2 saturated carbocycles. The van der Waals surface area contributed by atoms with Crippen molar-refractivity contribution in [3.05, 3.63) is 16.6 Å². The van der Waals surface area contributed by atoms with Crippen LogP contribution in [0.4, 0.5) is 5.69 Å². The summed E-state index contributed by atoms with van der Waals surface area (Å²) in [6, 6.07) is 3.72. The first-order chi connectivity index (χ1) is 10.2. The monoisotopic (exact) mass is 351 g/mol. The van der Waals surface area contributed by atoms with Gasteiger partial charge in [-0.15, -0.1) is 0 Å². The normalized spacial score (nSPS) is 29.5. The number of benzene rings is 1. The van der Waals surface area contributed by atoms with Gasteiger partial charge in [0, 0.05) is 22.5 Å². The van der Waals surface area contributed by atoms with E-state index >= 15 is 0 Å². The van der Waals surface area contributed by atoms with Gasteiger partial charge >= 0.3 is 0 Å². The van der Waals surface area contributed by atoms with Gasteiger partial charge in [-0.1, -0.05) is 6.42 Å². The molecule has 112 valence electrons. The zero-order chi connectivity index (χ0) is 14.4. The average Bonchev–Trinajstić information content (AvgIpc) is 3.10. The summed E-state index contributed by atoms with van der Waals surface area (Å²) in [6.45, 7) is 1.12. The number of carbonyl (C=O) groups is 1. The maximum absolute atomic E-state index is 12.5. The molecule has 1 aliphatic heterocycles. The van der Waals surface area contributed by atoms with Gasteiger partial charge in [-0.05, 0) is 47.0 Å². The van der Waals surface area contributed by atoms with E-state index in [1.165, 1.54) is 19.3 Å². The highest BCUT2D eigenvalue weighted by atomic mass is 79.9. The van der Waals surface area contributed by atoms with E-state index in [2.05, 4.69) is 21.2 Å². The lowest BCUT2D eigenvalue weighted by Crippen LogP contribution is -2.27. The van der Waals surface area contributed by atoms with Crippen LogP contribution in [0.15, 0.2) is 16.6 Å². The van der Waals surface area contributed by atoms with E-state index in [4.69, 9.17) is 9.47 Å². The molecule has 2 bridgehead atoms. The smallest absolute Gasteiger partial charge is 0.227 e. The Kier molecular flexibility index (Phi) is 3.32. The lowest BCUT2D eigenvalue weighted by Gasteiger charge is -2.23. The molecule has 4 nitrogen and oxygen atoms in total. The Morgan fingerprint density at radius 3 is 2.57 bits per heavy atom. The fraction of sp³-hybridized carbons (Fsp3) is 0.562. The molecule has 1 aromatic rings. The predicted molar refractivity (Wildman–Crippen MR) is 82.7 cm³/mol. The highest BCUT2D eigenvalue weighted by Crippen LogP contribution is 2.49. The molecule has 1 heterocycles. The molecular formula is C16H18BrNO3.